The Kier molecular flexibility index (Phi) is 6.41. The van der Waals surface area contributed by atoms with Crippen molar-refractivity contribution in [2.24, 2.45) is 0 Å². The smallest absolute Gasteiger partial charge is 0.242 e. The molecule has 1 aliphatic heterocycles. The van der Waals surface area contributed by atoms with Crippen LogP contribution in [0.3, 0.4) is 0 Å². The number of benzene rings is 1. The molecule has 0 saturated carbocycles. The van der Waals surface area contributed by atoms with Crippen molar-refractivity contribution < 1.29 is 22.8 Å². The fourth-order valence-corrected chi connectivity index (χ4v) is 3.01. The minimum atomic E-state index is -1.25. The number of piperazine rings is 1. The molecule has 1 aromatic carbocycles. The molecule has 1 saturated heterocycles. The lowest BCUT2D eigenvalue weighted by atomic mass is 10.0. The van der Waals surface area contributed by atoms with E-state index in [4.69, 9.17) is 0 Å². The fraction of sp³-hybridized carbons (Fsp3) is 0.529. The minimum absolute atomic E-state index is 0.00511. The van der Waals surface area contributed by atoms with Gasteiger partial charge in [-0.3, -0.25) is 9.59 Å². The van der Waals surface area contributed by atoms with Crippen molar-refractivity contribution in [3.05, 3.63) is 35.1 Å². The van der Waals surface area contributed by atoms with Crippen LogP contribution in [0.5, 0.6) is 0 Å². The molecule has 1 aliphatic rings. The second-order valence-corrected chi connectivity index (χ2v) is 6.05. The van der Waals surface area contributed by atoms with Gasteiger partial charge in [0, 0.05) is 31.6 Å². The number of halogens is 3. The second-order valence-electron chi connectivity index (χ2n) is 6.05. The molecule has 5 nitrogen and oxygen atoms in total. The first-order chi connectivity index (χ1) is 11.9. The number of carbonyl (C=O) groups excluding carboxylic acids is 2. The van der Waals surface area contributed by atoms with Crippen LogP contribution < -0.4 is 10.6 Å². The van der Waals surface area contributed by atoms with Crippen molar-refractivity contribution in [2.75, 3.05) is 20.1 Å². The highest BCUT2D eigenvalue weighted by Gasteiger charge is 2.32. The van der Waals surface area contributed by atoms with Crippen molar-refractivity contribution >= 4 is 11.8 Å². The molecule has 0 aliphatic carbocycles. The van der Waals surface area contributed by atoms with Gasteiger partial charge in [-0.1, -0.05) is 6.92 Å². The maximum Gasteiger partial charge on any atom is 0.242 e. The van der Waals surface area contributed by atoms with Gasteiger partial charge in [0.15, 0.2) is 11.6 Å². The highest BCUT2D eigenvalue weighted by molar-refractivity contribution is 5.88. The molecule has 0 aromatic heterocycles. The van der Waals surface area contributed by atoms with Gasteiger partial charge in [-0.15, -0.1) is 0 Å². The zero-order valence-electron chi connectivity index (χ0n) is 14.2. The quantitative estimate of drug-likeness (QED) is 0.756. The number of nitrogens with one attached hydrogen (secondary N) is 2. The largest absolute Gasteiger partial charge is 0.353 e. The molecule has 8 heteroatoms. The monoisotopic (exact) mass is 357 g/mol. The van der Waals surface area contributed by atoms with E-state index in [9.17, 15) is 22.8 Å². The third kappa shape index (κ3) is 4.50. The molecule has 0 unspecified atom stereocenters. The predicted octanol–water partition coefficient (Wildman–Crippen LogP) is 1.36. The fourth-order valence-electron chi connectivity index (χ4n) is 3.01. The summed E-state index contributed by atoms with van der Waals surface area (Å²) in [5.41, 5.74) is -0.00511. The summed E-state index contributed by atoms with van der Waals surface area (Å²) < 4.78 is 40.2. The predicted molar refractivity (Wildman–Crippen MR) is 86.3 cm³/mol. The van der Waals surface area contributed by atoms with E-state index >= 15 is 0 Å². The maximum absolute atomic E-state index is 13.8. The van der Waals surface area contributed by atoms with E-state index in [1.54, 1.807) is 7.05 Å². The van der Waals surface area contributed by atoms with Crippen LogP contribution in [0.1, 0.15) is 25.3 Å². The van der Waals surface area contributed by atoms with Gasteiger partial charge >= 0.3 is 0 Å². The number of amides is 2. The molecule has 0 spiro atoms. The first kappa shape index (κ1) is 19.2. The van der Waals surface area contributed by atoms with E-state index in [-0.39, 0.29) is 30.2 Å². The average Bonchev–Trinajstić information content (AvgIpc) is 2.58. The maximum atomic E-state index is 13.8. The van der Waals surface area contributed by atoms with Crippen molar-refractivity contribution in [3.8, 4) is 0 Å². The molecular formula is C17H22F3N3O2. The van der Waals surface area contributed by atoms with Crippen LogP contribution in [0, 0.1) is 17.5 Å². The first-order valence-electron chi connectivity index (χ1n) is 8.25. The lowest BCUT2D eigenvalue weighted by Crippen LogP contribution is -2.57. The summed E-state index contributed by atoms with van der Waals surface area (Å²) in [5.74, 6) is -3.64. The Morgan fingerprint density at radius 2 is 2.00 bits per heavy atom. The Hall–Kier alpha value is -2.09. The topological polar surface area (TPSA) is 61.4 Å². The van der Waals surface area contributed by atoms with Crippen LogP contribution in [-0.2, 0) is 16.0 Å². The standard InChI is InChI=1S/C17H22F3N3O2/c1-3-15-17(25)22-4-5-23(15)16(24)8-11(21-2)6-10-7-13(19)14(20)9-12(10)18/h7,9,11,15,21H,3-6,8H2,1-2H3,(H,22,25)/t11-,15-/m1/s1. The van der Waals surface area contributed by atoms with E-state index < -0.39 is 29.5 Å². The lowest BCUT2D eigenvalue weighted by molar-refractivity contribution is -0.143. The summed E-state index contributed by atoms with van der Waals surface area (Å²) in [6.07, 6.45) is 0.556. The molecule has 0 bridgehead atoms. The Morgan fingerprint density at radius 3 is 2.64 bits per heavy atom. The average molecular weight is 357 g/mol. The number of rotatable bonds is 6. The molecule has 0 radical (unpaired) electrons. The van der Waals surface area contributed by atoms with E-state index in [2.05, 4.69) is 10.6 Å². The van der Waals surface area contributed by atoms with Crippen LogP contribution in [0.15, 0.2) is 12.1 Å². The molecule has 2 N–H and O–H groups in total. The SMILES string of the molecule is CC[C@@H]1C(=O)NCCN1C(=O)C[C@@H](Cc1cc(F)c(F)cc1F)NC. The van der Waals surface area contributed by atoms with E-state index in [1.165, 1.54) is 4.90 Å². The molecule has 25 heavy (non-hydrogen) atoms. The van der Waals surface area contributed by atoms with E-state index in [1.807, 2.05) is 6.92 Å². The third-order valence-corrected chi connectivity index (χ3v) is 4.42. The van der Waals surface area contributed by atoms with Gasteiger partial charge in [-0.25, -0.2) is 13.2 Å². The van der Waals surface area contributed by atoms with Crippen molar-refractivity contribution in [2.45, 2.75) is 38.3 Å². The number of hydrogen-bond acceptors (Lipinski definition) is 3. The van der Waals surface area contributed by atoms with Gasteiger partial charge < -0.3 is 15.5 Å². The molecule has 2 atom stereocenters. The van der Waals surface area contributed by atoms with Crippen LogP contribution in [-0.4, -0.2) is 48.9 Å². The highest BCUT2D eigenvalue weighted by Crippen LogP contribution is 2.18. The molecule has 2 amide bonds. The highest BCUT2D eigenvalue weighted by atomic mass is 19.2. The summed E-state index contributed by atoms with van der Waals surface area (Å²) in [6, 6.07) is 0.331. The van der Waals surface area contributed by atoms with E-state index in [0.717, 1.165) is 6.07 Å². The second kappa shape index (κ2) is 8.33. The van der Waals surface area contributed by atoms with Crippen LogP contribution in [0.4, 0.5) is 13.2 Å². The Morgan fingerprint density at radius 1 is 1.32 bits per heavy atom. The molecule has 1 fully saturated rings. The van der Waals surface area contributed by atoms with Crippen molar-refractivity contribution in [1.29, 1.82) is 0 Å². The summed E-state index contributed by atoms with van der Waals surface area (Å²) in [5, 5.41) is 5.61. The Bertz CT molecular complexity index is 654. The first-order valence-corrected chi connectivity index (χ1v) is 8.25. The molecule has 2 rings (SSSR count). The van der Waals surface area contributed by atoms with Crippen LogP contribution in [0.2, 0.25) is 0 Å². The van der Waals surface area contributed by atoms with Gasteiger partial charge in [0.1, 0.15) is 11.9 Å². The summed E-state index contributed by atoms with van der Waals surface area (Å²) >= 11 is 0. The van der Waals surface area contributed by atoms with Crippen molar-refractivity contribution in [1.82, 2.24) is 15.5 Å². The van der Waals surface area contributed by atoms with E-state index in [0.29, 0.717) is 25.6 Å². The van der Waals surface area contributed by atoms with Gasteiger partial charge in [0.05, 0.1) is 0 Å². The molecular weight excluding hydrogens is 335 g/mol. The number of likely N-dealkylation sites (N-methyl/N-ethyl adjacent to an activating group) is 1. The third-order valence-electron chi connectivity index (χ3n) is 4.42. The number of carbonyl (C=O) groups is 2. The van der Waals surface area contributed by atoms with Gasteiger partial charge in [-0.2, -0.15) is 0 Å². The van der Waals surface area contributed by atoms with Crippen molar-refractivity contribution in [3.63, 3.8) is 0 Å². The molecule has 1 aromatic rings. The zero-order chi connectivity index (χ0) is 18.6. The molecule has 138 valence electrons. The Balaban J connectivity index is 2.07. The Labute approximate surface area is 144 Å². The lowest BCUT2D eigenvalue weighted by Gasteiger charge is -2.35. The summed E-state index contributed by atoms with van der Waals surface area (Å²) in [6.45, 7) is 2.63. The van der Waals surface area contributed by atoms with Crippen LogP contribution >= 0.6 is 0 Å². The van der Waals surface area contributed by atoms with Gasteiger partial charge in [0.2, 0.25) is 11.8 Å². The minimum Gasteiger partial charge on any atom is -0.353 e. The molecule has 1 heterocycles. The number of hydrogen-bond donors (Lipinski definition) is 2. The zero-order valence-corrected chi connectivity index (χ0v) is 14.2. The van der Waals surface area contributed by atoms with Gasteiger partial charge in [-0.05, 0) is 31.5 Å². The van der Waals surface area contributed by atoms with Gasteiger partial charge in [0.25, 0.3) is 0 Å². The summed E-state index contributed by atoms with van der Waals surface area (Å²) in [4.78, 5) is 25.9. The normalized spacial score (nSPS) is 18.8. The number of nitrogens with zero attached hydrogens (tertiary/aromatic N) is 1. The summed E-state index contributed by atoms with van der Waals surface area (Å²) in [7, 11) is 1.61. The van der Waals surface area contributed by atoms with Crippen LogP contribution in [0.25, 0.3) is 0 Å².